The molecule has 5 heteroatoms. The van der Waals surface area contributed by atoms with Crippen LogP contribution in [0.3, 0.4) is 0 Å². The van der Waals surface area contributed by atoms with Crippen LogP contribution in [0.1, 0.15) is 27.2 Å². The van der Waals surface area contributed by atoms with Crippen molar-refractivity contribution in [1.29, 1.82) is 0 Å². The van der Waals surface area contributed by atoms with Crippen molar-refractivity contribution < 1.29 is 14.3 Å². The third kappa shape index (κ3) is 2.51. The van der Waals surface area contributed by atoms with Gasteiger partial charge in [0, 0.05) is 19.1 Å². The second kappa shape index (κ2) is 5.26. The first kappa shape index (κ1) is 13.3. The van der Waals surface area contributed by atoms with Crippen molar-refractivity contribution >= 4 is 11.8 Å². The van der Waals surface area contributed by atoms with Gasteiger partial charge in [-0.05, 0) is 19.3 Å². The summed E-state index contributed by atoms with van der Waals surface area (Å²) in [6.07, 6.45) is 1.15. The molecule has 18 heavy (non-hydrogen) atoms. The smallest absolute Gasteiger partial charge is 0.243 e. The lowest BCUT2D eigenvalue weighted by molar-refractivity contribution is -0.148. The van der Waals surface area contributed by atoms with E-state index >= 15 is 0 Å². The molecule has 0 aromatic carbocycles. The quantitative estimate of drug-likeness (QED) is 0.793. The Labute approximate surface area is 108 Å². The summed E-state index contributed by atoms with van der Waals surface area (Å²) in [5, 5.41) is 2.67. The van der Waals surface area contributed by atoms with Gasteiger partial charge in [-0.25, -0.2) is 0 Å². The second-order valence-corrected chi connectivity index (χ2v) is 5.58. The first-order valence-electron chi connectivity index (χ1n) is 6.69. The molecule has 2 rings (SSSR count). The number of hydrogen-bond donors (Lipinski definition) is 1. The molecule has 5 nitrogen and oxygen atoms in total. The van der Waals surface area contributed by atoms with Gasteiger partial charge in [-0.2, -0.15) is 0 Å². The number of carbonyl (C=O) groups is 2. The lowest BCUT2D eigenvalue weighted by Gasteiger charge is -2.39. The maximum Gasteiger partial charge on any atom is 0.243 e. The Morgan fingerprint density at radius 2 is 2.17 bits per heavy atom. The molecular weight excluding hydrogens is 232 g/mol. The van der Waals surface area contributed by atoms with Crippen molar-refractivity contribution in [3.63, 3.8) is 0 Å². The minimum absolute atomic E-state index is 0.0207. The fourth-order valence-electron chi connectivity index (χ4n) is 2.81. The number of piperazine rings is 1. The predicted octanol–water partition coefficient (Wildman–Crippen LogP) is 0.394. The van der Waals surface area contributed by atoms with Crippen LogP contribution in [0.4, 0.5) is 0 Å². The molecule has 3 atom stereocenters. The Morgan fingerprint density at radius 1 is 1.44 bits per heavy atom. The molecular formula is C13H22N2O3. The average Bonchev–Trinajstić information content (AvgIpc) is 2.69. The van der Waals surface area contributed by atoms with Gasteiger partial charge in [0.05, 0.1) is 12.6 Å². The molecule has 0 bridgehead atoms. The number of carbonyl (C=O) groups excluding carboxylic acids is 2. The van der Waals surface area contributed by atoms with Crippen molar-refractivity contribution in [2.45, 2.75) is 39.3 Å². The molecule has 2 aliphatic rings. The highest BCUT2D eigenvalue weighted by Crippen LogP contribution is 2.24. The van der Waals surface area contributed by atoms with Gasteiger partial charge in [-0.3, -0.25) is 9.59 Å². The third-order valence-corrected chi connectivity index (χ3v) is 3.93. The third-order valence-electron chi connectivity index (χ3n) is 3.93. The van der Waals surface area contributed by atoms with E-state index < -0.39 is 0 Å². The summed E-state index contributed by atoms with van der Waals surface area (Å²) >= 11 is 0. The molecule has 102 valence electrons. The Bertz CT molecular complexity index is 343. The van der Waals surface area contributed by atoms with E-state index in [-0.39, 0.29) is 36.4 Å². The summed E-state index contributed by atoms with van der Waals surface area (Å²) in [6.45, 7) is 7.51. The number of ether oxygens (including phenoxy) is 1. The van der Waals surface area contributed by atoms with Crippen LogP contribution in [0.15, 0.2) is 0 Å². The highest BCUT2D eigenvalue weighted by Gasteiger charge is 2.39. The monoisotopic (exact) mass is 254 g/mol. The van der Waals surface area contributed by atoms with E-state index in [9.17, 15) is 9.59 Å². The summed E-state index contributed by atoms with van der Waals surface area (Å²) in [5.41, 5.74) is 0. The number of nitrogens with one attached hydrogen (secondary N) is 1. The molecule has 3 unspecified atom stereocenters. The second-order valence-electron chi connectivity index (χ2n) is 5.58. The van der Waals surface area contributed by atoms with E-state index in [0.717, 1.165) is 13.0 Å². The Hall–Kier alpha value is -1.10. The molecule has 2 aliphatic heterocycles. The minimum Gasteiger partial charge on any atom is -0.378 e. The lowest BCUT2D eigenvalue weighted by atomic mass is 9.95. The molecule has 0 aliphatic carbocycles. The van der Waals surface area contributed by atoms with E-state index in [4.69, 9.17) is 4.74 Å². The Balaban J connectivity index is 2.10. The van der Waals surface area contributed by atoms with Gasteiger partial charge in [0.15, 0.2) is 0 Å². The van der Waals surface area contributed by atoms with Crippen LogP contribution in [0.5, 0.6) is 0 Å². The van der Waals surface area contributed by atoms with Crippen molar-refractivity contribution in [1.82, 2.24) is 10.2 Å². The zero-order valence-corrected chi connectivity index (χ0v) is 11.3. The topological polar surface area (TPSA) is 58.6 Å². The van der Waals surface area contributed by atoms with Crippen LogP contribution in [-0.2, 0) is 14.3 Å². The molecule has 0 saturated carbocycles. The van der Waals surface area contributed by atoms with Gasteiger partial charge >= 0.3 is 0 Å². The van der Waals surface area contributed by atoms with Crippen molar-refractivity contribution in [2.24, 2.45) is 11.8 Å². The summed E-state index contributed by atoms with van der Waals surface area (Å²) < 4.78 is 5.53. The fraction of sp³-hybridized carbons (Fsp3) is 0.846. The van der Waals surface area contributed by atoms with E-state index in [2.05, 4.69) is 5.32 Å². The molecule has 2 saturated heterocycles. The Kier molecular flexibility index (Phi) is 3.90. The molecule has 0 radical (unpaired) electrons. The van der Waals surface area contributed by atoms with Crippen molar-refractivity contribution in [3.05, 3.63) is 0 Å². The molecule has 0 spiro atoms. The van der Waals surface area contributed by atoms with Gasteiger partial charge in [0.2, 0.25) is 11.8 Å². The fourth-order valence-corrected chi connectivity index (χ4v) is 2.81. The van der Waals surface area contributed by atoms with Gasteiger partial charge in [-0.15, -0.1) is 0 Å². The van der Waals surface area contributed by atoms with E-state index in [0.29, 0.717) is 12.5 Å². The largest absolute Gasteiger partial charge is 0.378 e. The molecule has 2 fully saturated rings. The molecule has 1 N–H and O–H groups in total. The number of amides is 2. The van der Waals surface area contributed by atoms with Crippen LogP contribution in [0, 0.1) is 11.8 Å². The van der Waals surface area contributed by atoms with E-state index in [1.807, 2.05) is 20.8 Å². The predicted molar refractivity (Wildman–Crippen MR) is 66.9 cm³/mol. The average molecular weight is 254 g/mol. The van der Waals surface area contributed by atoms with Gasteiger partial charge in [0.25, 0.3) is 0 Å². The van der Waals surface area contributed by atoms with Crippen LogP contribution in [-0.4, -0.2) is 48.6 Å². The number of rotatable bonds is 3. The maximum atomic E-state index is 12.0. The summed E-state index contributed by atoms with van der Waals surface area (Å²) in [6, 6.07) is -0.334. The molecule has 0 aromatic rings. The van der Waals surface area contributed by atoms with E-state index in [1.165, 1.54) is 0 Å². The highest BCUT2D eigenvalue weighted by atomic mass is 16.5. The first-order chi connectivity index (χ1) is 8.50. The first-order valence-corrected chi connectivity index (χ1v) is 6.69. The summed E-state index contributed by atoms with van der Waals surface area (Å²) in [7, 11) is 0. The summed E-state index contributed by atoms with van der Waals surface area (Å²) in [4.78, 5) is 25.7. The molecule has 2 amide bonds. The van der Waals surface area contributed by atoms with Gasteiger partial charge in [0.1, 0.15) is 6.04 Å². The van der Waals surface area contributed by atoms with E-state index in [1.54, 1.807) is 4.90 Å². The zero-order chi connectivity index (χ0) is 13.3. The highest BCUT2D eigenvalue weighted by molar-refractivity contribution is 5.94. The summed E-state index contributed by atoms with van der Waals surface area (Å²) in [5.74, 6) is 0.469. The van der Waals surface area contributed by atoms with Crippen molar-refractivity contribution in [2.75, 3.05) is 19.7 Å². The van der Waals surface area contributed by atoms with Crippen LogP contribution >= 0.6 is 0 Å². The normalized spacial score (nSPS) is 33.1. The number of hydrogen-bond acceptors (Lipinski definition) is 3. The van der Waals surface area contributed by atoms with Crippen LogP contribution in [0.25, 0.3) is 0 Å². The van der Waals surface area contributed by atoms with Crippen LogP contribution < -0.4 is 5.32 Å². The van der Waals surface area contributed by atoms with Crippen LogP contribution in [0.2, 0.25) is 0 Å². The molecule has 2 heterocycles. The zero-order valence-electron chi connectivity index (χ0n) is 11.3. The standard InChI is InChI=1S/C13H22N2O3/c1-8(2)12-13(17)14-6-11(16)15(12)7-10-4-5-18-9(10)3/h8-10,12H,4-7H2,1-3H3,(H,14,17). The van der Waals surface area contributed by atoms with Gasteiger partial charge < -0.3 is 15.0 Å². The SMILES string of the molecule is CC(C)C1C(=O)NCC(=O)N1CC1CCOC1C. The lowest BCUT2D eigenvalue weighted by Crippen LogP contribution is -2.61. The van der Waals surface area contributed by atoms with Gasteiger partial charge in [-0.1, -0.05) is 13.8 Å². The maximum absolute atomic E-state index is 12.0. The number of nitrogens with zero attached hydrogens (tertiary/aromatic N) is 1. The minimum atomic E-state index is -0.334. The molecule has 0 aromatic heterocycles. The van der Waals surface area contributed by atoms with Crippen molar-refractivity contribution in [3.8, 4) is 0 Å². The Morgan fingerprint density at radius 3 is 2.72 bits per heavy atom.